The molecule has 1 heterocycles. The van der Waals surface area contributed by atoms with E-state index in [9.17, 15) is 5.11 Å². The number of hydrogen-bond acceptors (Lipinski definition) is 3. The monoisotopic (exact) mass is 380 g/mol. The first kappa shape index (κ1) is 20.4. The lowest BCUT2D eigenvalue weighted by Gasteiger charge is -2.29. The normalized spacial score (nSPS) is 16.9. The molecule has 28 heavy (non-hydrogen) atoms. The molecule has 3 rings (SSSR count). The Bertz CT molecular complexity index is 773. The summed E-state index contributed by atoms with van der Waals surface area (Å²) >= 11 is 0. The molecular weight excluding hydrogens is 348 g/mol. The first-order valence-corrected chi connectivity index (χ1v) is 10.2. The highest BCUT2D eigenvalue weighted by molar-refractivity contribution is 5.79. The maximum absolute atomic E-state index is 10.8. The van der Waals surface area contributed by atoms with Gasteiger partial charge in [-0.1, -0.05) is 54.6 Å². The molecule has 5 nitrogen and oxygen atoms in total. The summed E-state index contributed by atoms with van der Waals surface area (Å²) in [7, 11) is 0. The van der Waals surface area contributed by atoms with E-state index in [1.165, 1.54) is 11.1 Å². The Hall–Kier alpha value is -2.37. The van der Waals surface area contributed by atoms with Crippen LogP contribution in [-0.2, 0) is 18.6 Å². The Morgan fingerprint density at radius 2 is 1.79 bits per heavy atom. The molecule has 2 aromatic rings. The van der Waals surface area contributed by atoms with Crippen LogP contribution in [0, 0.1) is 0 Å². The van der Waals surface area contributed by atoms with E-state index >= 15 is 0 Å². The van der Waals surface area contributed by atoms with E-state index in [2.05, 4.69) is 44.8 Å². The molecule has 0 radical (unpaired) electrons. The summed E-state index contributed by atoms with van der Waals surface area (Å²) in [6.45, 7) is 8.84. The quantitative estimate of drug-likeness (QED) is 0.510. The zero-order valence-electron chi connectivity index (χ0n) is 17.0. The SMILES string of the molecule is CCNC(=NCC(C)(O)c1ccccc1)NCCN1CCc2ccccc2C1. The molecule has 150 valence electrons. The van der Waals surface area contributed by atoms with Crippen LogP contribution in [0.1, 0.15) is 30.5 Å². The first-order valence-electron chi connectivity index (χ1n) is 10.2. The molecule has 0 amide bonds. The number of nitrogens with one attached hydrogen (secondary N) is 2. The number of aliphatic imine (C=N–C) groups is 1. The second-order valence-electron chi connectivity index (χ2n) is 7.56. The van der Waals surface area contributed by atoms with Crippen LogP contribution >= 0.6 is 0 Å². The largest absolute Gasteiger partial charge is 0.384 e. The highest BCUT2D eigenvalue weighted by atomic mass is 16.3. The van der Waals surface area contributed by atoms with Gasteiger partial charge in [-0.15, -0.1) is 0 Å². The van der Waals surface area contributed by atoms with Crippen LogP contribution in [0.5, 0.6) is 0 Å². The van der Waals surface area contributed by atoms with Gasteiger partial charge in [0.15, 0.2) is 5.96 Å². The van der Waals surface area contributed by atoms with Gasteiger partial charge >= 0.3 is 0 Å². The van der Waals surface area contributed by atoms with Crippen LogP contribution < -0.4 is 10.6 Å². The predicted molar refractivity (Wildman–Crippen MR) is 115 cm³/mol. The fraction of sp³-hybridized carbons (Fsp3) is 0.435. The second kappa shape index (κ2) is 9.71. The van der Waals surface area contributed by atoms with Crippen molar-refractivity contribution < 1.29 is 5.11 Å². The van der Waals surface area contributed by atoms with Crippen molar-refractivity contribution in [2.45, 2.75) is 32.4 Å². The molecule has 1 aliphatic rings. The molecule has 3 N–H and O–H groups in total. The zero-order chi connectivity index (χ0) is 19.8. The van der Waals surface area contributed by atoms with Crippen LogP contribution in [0.15, 0.2) is 59.6 Å². The minimum atomic E-state index is -0.986. The molecule has 0 aromatic heterocycles. The van der Waals surface area contributed by atoms with Gasteiger partial charge in [0.2, 0.25) is 0 Å². The van der Waals surface area contributed by atoms with E-state index in [0.717, 1.165) is 50.7 Å². The maximum atomic E-state index is 10.8. The van der Waals surface area contributed by atoms with E-state index in [1.807, 2.05) is 37.3 Å². The van der Waals surface area contributed by atoms with E-state index in [4.69, 9.17) is 0 Å². The van der Waals surface area contributed by atoms with Gasteiger partial charge in [0, 0.05) is 32.7 Å². The summed E-state index contributed by atoms with van der Waals surface area (Å²) in [4.78, 5) is 7.08. The Balaban J connectivity index is 1.51. The standard InChI is InChI=1S/C23H32N4O/c1-3-24-22(26-18-23(2,28)21-11-5-4-6-12-21)25-14-16-27-15-13-19-9-7-8-10-20(19)17-27/h4-12,28H,3,13-18H2,1-2H3,(H2,24,25,26). The minimum Gasteiger partial charge on any atom is -0.384 e. The summed E-state index contributed by atoms with van der Waals surface area (Å²) in [5, 5.41) is 17.4. The van der Waals surface area contributed by atoms with Gasteiger partial charge in [-0.2, -0.15) is 0 Å². The van der Waals surface area contributed by atoms with Crippen molar-refractivity contribution >= 4 is 5.96 Å². The Labute approximate surface area is 168 Å². The molecule has 1 unspecified atom stereocenters. The van der Waals surface area contributed by atoms with Gasteiger partial charge in [-0.3, -0.25) is 4.90 Å². The molecule has 0 saturated heterocycles. The van der Waals surface area contributed by atoms with Crippen molar-refractivity contribution in [3.05, 3.63) is 71.3 Å². The number of hydrogen-bond donors (Lipinski definition) is 3. The minimum absolute atomic E-state index is 0.309. The predicted octanol–water partition coefficient (Wildman–Crippen LogP) is 2.51. The van der Waals surface area contributed by atoms with Gasteiger partial charge in [0.25, 0.3) is 0 Å². The molecule has 0 aliphatic carbocycles. The molecular formula is C23H32N4O. The molecule has 0 saturated carbocycles. The van der Waals surface area contributed by atoms with E-state index < -0.39 is 5.60 Å². The highest BCUT2D eigenvalue weighted by Gasteiger charge is 2.22. The number of nitrogens with zero attached hydrogens (tertiary/aromatic N) is 2. The lowest BCUT2D eigenvalue weighted by Crippen LogP contribution is -2.43. The van der Waals surface area contributed by atoms with E-state index in [-0.39, 0.29) is 0 Å². The Morgan fingerprint density at radius 3 is 2.54 bits per heavy atom. The van der Waals surface area contributed by atoms with Crippen molar-refractivity contribution in [2.75, 3.05) is 32.7 Å². The topological polar surface area (TPSA) is 59.9 Å². The van der Waals surface area contributed by atoms with Crippen molar-refractivity contribution in [1.29, 1.82) is 0 Å². The first-order chi connectivity index (χ1) is 13.6. The van der Waals surface area contributed by atoms with E-state index in [0.29, 0.717) is 6.54 Å². The summed E-state index contributed by atoms with van der Waals surface area (Å²) in [5.74, 6) is 0.746. The van der Waals surface area contributed by atoms with Gasteiger partial charge < -0.3 is 15.7 Å². The van der Waals surface area contributed by atoms with Crippen LogP contribution in [0.4, 0.5) is 0 Å². The summed E-state index contributed by atoms with van der Waals surface area (Å²) < 4.78 is 0. The molecule has 5 heteroatoms. The molecule has 0 bridgehead atoms. The average molecular weight is 381 g/mol. The van der Waals surface area contributed by atoms with Crippen molar-refractivity contribution in [1.82, 2.24) is 15.5 Å². The summed E-state index contributed by atoms with van der Waals surface area (Å²) in [6, 6.07) is 18.4. The van der Waals surface area contributed by atoms with Gasteiger partial charge in [-0.05, 0) is 37.0 Å². The zero-order valence-corrected chi connectivity index (χ0v) is 17.0. The molecule has 1 atom stereocenters. The Kier molecular flexibility index (Phi) is 7.06. The smallest absolute Gasteiger partial charge is 0.191 e. The molecule has 0 spiro atoms. The molecule has 2 aromatic carbocycles. The fourth-order valence-electron chi connectivity index (χ4n) is 3.54. The van der Waals surface area contributed by atoms with Crippen LogP contribution in [0.25, 0.3) is 0 Å². The van der Waals surface area contributed by atoms with Gasteiger partial charge in [0.1, 0.15) is 5.60 Å². The van der Waals surface area contributed by atoms with E-state index in [1.54, 1.807) is 6.92 Å². The third-order valence-corrected chi connectivity index (χ3v) is 5.22. The average Bonchev–Trinajstić information content (AvgIpc) is 2.72. The second-order valence-corrected chi connectivity index (χ2v) is 7.56. The van der Waals surface area contributed by atoms with Crippen LogP contribution in [0.2, 0.25) is 0 Å². The number of aliphatic hydroxyl groups is 1. The number of guanidine groups is 1. The third-order valence-electron chi connectivity index (χ3n) is 5.22. The fourth-order valence-corrected chi connectivity index (χ4v) is 3.54. The lowest BCUT2D eigenvalue weighted by molar-refractivity contribution is 0.0672. The summed E-state index contributed by atoms with van der Waals surface area (Å²) in [5.41, 5.74) is 2.81. The third kappa shape index (κ3) is 5.57. The van der Waals surface area contributed by atoms with Crippen molar-refractivity contribution in [3.8, 4) is 0 Å². The molecule has 1 aliphatic heterocycles. The molecule has 0 fully saturated rings. The van der Waals surface area contributed by atoms with Gasteiger partial charge in [0.05, 0.1) is 6.54 Å². The van der Waals surface area contributed by atoms with Gasteiger partial charge in [-0.25, -0.2) is 4.99 Å². The highest BCUT2D eigenvalue weighted by Crippen LogP contribution is 2.20. The number of rotatable bonds is 7. The van der Waals surface area contributed by atoms with Crippen LogP contribution in [0.3, 0.4) is 0 Å². The van der Waals surface area contributed by atoms with Crippen LogP contribution in [-0.4, -0.2) is 48.7 Å². The van der Waals surface area contributed by atoms with Crippen molar-refractivity contribution in [2.24, 2.45) is 4.99 Å². The van der Waals surface area contributed by atoms with Crippen molar-refractivity contribution in [3.63, 3.8) is 0 Å². The lowest BCUT2D eigenvalue weighted by atomic mass is 9.96. The Morgan fingerprint density at radius 1 is 1.07 bits per heavy atom. The maximum Gasteiger partial charge on any atom is 0.191 e. The summed E-state index contributed by atoms with van der Waals surface area (Å²) in [6.07, 6.45) is 1.12. The number of benzene rings is 2. The number of fused-ring (bicyclic) bond motifs is 1.